The first-order chi connectivity index (χ1) is 16.0. The third-order valence-corrected chi connectivity index (χ3v) is 7.38. The Kier molecular flexibility index (Phi) is 5.52. The Bertz CT molecular complexity index is 1370. The summed E-state index contributed by atoms with van der Waals surface area (Å²) in [4.78, 5) is 39.7. The molecule has 0 bridgehead atoms. The molecule has 1 aromatic carbocycles. The van der Waals surface area contributed by atoms with E-state index in [1.807, 2.05) is 43.3 Å². The van der Waals surface area contributed by atoms with Gasteiger partial charge < -0.3 is 4.90 Å². The molecule has 9 heteroatoms. The van der Waals surface area contributed by atoms with Crippen molar-refractivity contribution in [3.05, 3.63) is 71.1 Å². The van der Waals surface area contributed by atoms with Crippen molar-refractivity contribution >= 4 is 56.8 Å². The van der Waals surface area contributed by atoms with Gasteiger partial charge >= 0.3 is 6.03 Å². The number of rotatable bonds is 4. The number of nitriles is 1. The maximum absolute atomic E-state index is 13.7. The second-order valence-electron chi connectivity index (χ2n) is 7.78. The maximum atomic E-state index is 13.7. The molecule has 0 spiro atoms. The number of thioether (sulfide) groups is 1. The van der Waals surface area contributed by atoms with Gasteiger partial charge in [0.05, 0.1) is 35.9 Å². The van der Waals surface area contributed by atoms with Gasteiger partial charge in [-0.15, -0.1) is 11.8 Å². The summed E-state index contributed by atoms with van der Waals surface area (Å²) in [5.41, 5.74) is 2.46. The van der Waals surface area contributed by atoms with Crippen LogP contribution in [0.3, 0.4) is 0 Å². The van der Waals surface area contributed by atoms with Crippen LogP contribution in [-0.2, 0) is 4.79 Å². The zero-order valence-corrected chi connectivity index (χ0v) is 19.2. The lowest BCUT2D eigenvalue weighted by atomic mass is 10.0. The van der Waals surface area contributed by atoms with Gasteiger partial charge in [-0.05, 0) is 31.2 Å². The summed E-state index contributed by atoms with van der Waals surface area (Å²) in [5.74, 6) is -0.334. The van der Waals surface area contributed by atoms with Crippen molar-refractivity contribution in [3.63, 3.8) is 0 Å². The molecule has 0 radical (unpaired) electrons. The largest absolute Gasteiger partial charge is 0.332 e. The Morgan fingerprint density at radius 2 is 2.00 bits per heavy atom. The van der Waals surface area contributed by atoms with E-state index >= 15 is 0 Å². The van der Waals surface area contributed by atoms with E-state index in [4.69, 9.17) is 11.6 Å². The second-order valence-corrected chi connectivity index (χ2v) is 9.37. The lowest BCUT2D eigenvalue weighted by Gasteiger charge is -2.40. The fourth-order valence-corrected chi connectivity index (χ4v) is 5.82. The van der Waals surface area contributed by atoms with Crippen molar-refractivity contribution in [3.8, 4) is 6.07 Å². The van der Waals surface area contributed by atoms with E-state index in [9.17, 15) is 14.9 Å². The minimum Gasteiger partial charge on any atom is -0.315 e. The van der Waals surface area contributed by atoms with Crippen LogP contribution in [0.2, 0.25) is 5.02 Å². The molecule has 164 valence electrons. The van der Waals surface area contributed by atoms with Gasteiger partial charge in [0.15, 0.2) is 0 Å². The molecule has 0 aliphatic carbocycles. The molecule has 2 atom stereocenters. The number of carbonyl (C=O) groups is 2. The maximum Gasteiger partial charge on any atom is 0.332 e. The number of benzene rings is 1. The molecular weight excluding hydrogens is 458 g/mol. The molecule has 5 rings (SSSR count). The number of nitrogens with zero attached hydrogens (tertiary/aromatic N) is 5. The fourth-order valence-electron chi connectivity index (χ4n) is 4.16. The minimum atomic E-state index is -0.562. The number of hydrogen-bond acceptors (Lipinski definition) is 6. The number of imide groups is 1. The van der Waals surface area contributed by atoms with E-state index < -0.39 is 17.3 Å². The number of fused-ring (bicyclic) bond motifs is 2. The van der Waals surface area contributed by atoms with Gasteiger partial charge in [0.2, 0.25) is 0 Å². The zero-order chi connectivity index (χ0) is 23.1. The van der Waals surface area contributed by atoms with Gasteiger partial charge in [0, 0.05) is 39.3 Å². The smallest absolute Gasteiger partial charge is 0.315 e. The molecule has 7 nitrogen and oxygen atoms in total. The van der Waals surface area contributed by atoms with Crippen LogP contribution in [0.1, 0.15) is 17.7 Å². The lowest BCUT2D eigenvalue weighted by molar-refractivity contribution is -0.119. The average molecular weight is 476 g/mol. The Labute approximate surface area is 199 Å². The highest BCUT2D eigenvalue weighted by Gasteiger charge is 2.50. The van der Waals surface area contributed by atoms with E-state index in [1.165, 1.54) is 18.0 Å². The Balaban J connectivity index is 1.60. The van der Waals surface area contributed by atoms with Crippen LogP contribution in [0.4, 0.5) is 10.5 Å². The second kappa shape index (κ2) is 8.50. The first kappa shape index (κ1) is 21.4. The number of hydrogen-bond donors (Lipinski definition) is 0. The van der Waals surface area contributed by atoms with Crippen LogP contribution >= 0.6 is 23.4 Å². The lowest BCUT2D eigenvalue weighted by Crippen LogP contribution is -2.62. The van der Waals surface area contributed by atoms with E-state index in [1.54, 1.807) is 17.2 Å². The molecule has 1 fully saturated rings. The summed E-state index contributed by atoms with van der Waals surface area (Å²) >= 11 is 7.79. The van der Waals surface area contributed by atoms with Gasteiger partial charge in [-0.25, -0.2) is 9.69 Å². The van der Waals surface area contributed by atoms with Crippen LogP contribution in [0.15, 0.2) is 54.9 Å². The predicted molar refractivity (Wildman–Crippen MR) is 129 cm³/mol. The van der Waals surface area contributed by atoms with E-state index in [2.05, 4.69) is 16.0 Å². The van der Waals surface area contributed by atoms with Gasteiger partial charge in [-0.1, -0.05) is 29.8 Å². The van der Waals surface area contributed by atoms with Crippen LogP contribution in [0, 0.1) is 18.3 Å². The number of halogens is 1. The highest BCUT2D eigenvalue weighted by molar-refractivity contribution is 8.09. The highest BCUT2D eigenvalue weighted by atomic mass is 35.5. The molecular formula is C24H18ClN5O2S. The molecule has 0 N–H and O–H groups in total. The third kappa shape index (κ3) is 3.63. The number of aromatic nitrogens is 2. The molecule has 0 saturated carbocycles. The molecule has 2 aliphatic heterocycles. The van der Waals surface area contributed by atoms with Crippen LogP contribution in [0.25, 0.3) is 15.8 Å². The van der Waals surface area contributed by atoms with Gasteiger partial charge in [-0.3, -0.25) is 14.8 Å². The van der Waals surface area contributed by atoms with Crippen molar-refractivity contribution < 1.29 is 9.59 Å². The minimum absolute atomic E-state index is 0.155. The number of urea groups is 1. The SMILES string of the molecule is Cc1ccc2cncc(N3C(=O)C4SC(c5ccccc5Cl)=CC4N(CCC#N)C3=O)c2n1. The number of pyridine rings is 2. The normalized spacial score (nSPS) is 20.1. The van der Waals surface area contributed by atoms with E-state index in [-0.39, 0.29) is 18.9 Å². The summed E-state index contributed by atoms with van der Waals surface area (Å²) in [7, 11) is 0. The van der Waals surface area contributed by atoms with Gasteiger partial charge in [-0.2, -0.15) is 5.26 Å². The average Bonchev–Trinajstić information content (AvgIpc) is 3.25. The first-order valence-electron chi connectivity index (χ1n) is 10.4. The van der Waals surface area contributed by atoms with Crippen molar-refractivity contribution in [1.82, 2.24) is 14.9 Å². The summed E-state index contributed by atoms with van der Waals surface area (Å²) in [6.45, 7) is 2.06. The zero-order valence-electron chi connectivity index (χ0n) is 17.6. The molecule has 3 aromatic rings. The van der Waals surface area contributed by atoms with Crippen molar-refractivity contribution in [2.45, 2.75) is 24.6 Å². The van der Waals surface area contributed by atoms with Crippen molar-refractivity contribution in [1.29, 1.82) is 5.26 Å². The fraction of sp³-hybridized carbons (Fsp3) is 0.208. The Hall–Kier alpha value is -3.41. The predicted octanol–water partition coefficient (Wildman–Crippen LogP) is 4.80. The topological polar surface area (TPSA) is 90.2 Å². The summed E-state index contributed by atoms with van der Waals surface area (Å²) in [5, 5.41) is 9.92. The number of anilines is 1. The van der Waals surface area contributed by atoms with Crippen molar-refractivity contribution in [2.75, 3.05) is 11.4 Å². The standard InChI is InChI=1S/C24H18ClN5O2S/c1-14-7-8-15-12-27-13-19(21(15)28-14)30-23(31)22-18(29(24(30)32)10-4-9-26)11-20(33-22)16-5-2-3-6-17(16)25/h2-3,5-8,11-13,18,22H,4,10H2,1H3. The van der Waals surface area contributed by atoms with Crippen LogP contribution in [-0.4, -0.2) is 44.6 Å². The third-order valence-electron chi connectivity index (χ3n) is 5.71. The molecule has 2 unspecified atom stereocenters. The van der Waals surface area contributed by atoms with E-state index in [0.29, 0.717) is 16.2 Å². The van der Waals surface area contributed by atoms with Crippen LogP contribution in [0.5, 0.6) is 0 Å². The molecule has 2 aromatic heterocycles. The quantitative estimate of drug-likeness (QED) is 0.538. The van der Waals surface area contributed by atoms with E-state index in [0.717, 1.165) is 26.4 Å². The van der Waals surface area contributed by atoms with Gasteiger partial charge in [0.1, 0.15) is 5.25 Å². The molecule has 4 heterocycles. The highest BCUT2D eigenvalue weighted by Crippen LogP contribution is 2.46. The van der Waals surface area contributed by atoms with Crippen molar-refractivity contribution in [2.24, 2.45) is 0 Å². The molecule has 2 aliphatic rings. The number of amides is 3. The molecule has 33 heavy (non-hydrogen) atoms. The Morgan fingerprint density at radius 3 is 2.79 bits per heavy atom. The summed E-state index contributed by atoms with van der Waals surface area (Å²) in [6.07, 6.45) is 5.21. The molecule has 3 amide bonds. The monoisotopic (exact) mass is 475 g/mol. The summed E-state index contributed by atoms with van der Waals surface area (Å²) < 4.78 is 0. The van der Waals surface area contributed by atoms with Crippen LogP contribution < -0.4 is 4.90 Å². The molecule has 1 saturated heterocycles. The first-order valence-corrected chi connectivity index (χ1v) is 11.6. The Morgan fingerprint density at radius 1 is 1.18 bits per heavy atom. The van der Waals surface area contributed by atoms with Gasteiger partial charge in [0.25, 0.3) is 5.91 Å². The number of carbonyl (C=O) groups excluding carboxylic acids is 2. The summed E-state index contributed by atoms with van der Waals surface area (Å²) in [6, 6.07) is 12.3. The number of aryl methyl sites for hydroxylation is 1.